The molecule has 0 saturated heterocycles. The van der Waals surface area contributed by atoms with E-state index in [0.29, 0.717) is 24.7 Å². The molecule has 7 nitrogen and oxygen atoms in total. The van der Waals surface area contributed by atoms with Gasteiger partial charge in [0.1, 0.15) is 5.65 Å². The molecule has 2 aromatic rings. The summed E-state index contributed by atoms with van der Waals surface area (Å²) in [7, 11) is -4.26. The van der Waals surface area contributed by atoms with Crippen molar-refractivity contribution in [2.24, 2.45) is 0 Å². The summed E-state index contributed by atoms with van der Waals surface area (Å²) in [4.78, 5) is 7.34. The van der Waals surface area contributed by atoms with Crippen molar-refractivity contribution in [3.8, 4) is 0 Å². The van der Waals surface area contributed by atoms with E-state index in [1.54, 1.807) is 12.4 Å². The highest BCUT2D eigenvalue weighted by atomic mass is 32.2. The Morgan fingerprint density at radius 2 is 2.35 bits per heavy atom. The van der Waals surface area contributed by atoms with E-state index in [1.165, 1.54) is 0 Å². The minimum Gasteiger partial charge on any atom is -0.423 e. The van der Waals surface area contributed by atoms with E-state index in [-0.39, 0.29) is 11.8 Å². The Morgan fingerprint density at radius 3 is 3.09 bits per heavy atom. The number of aromatic nitrogens is 2. The van der Waals surface area contributed by atoms with E-state index in [4.69, 9.17) is 4.65 Å². The van der Waals surface area contributed by atoms with Gasteiger partial charge in [-0.1, -0.05) is 6.92 Å². The first kappa shape index (κ1) is 15.1. The third-order valence-corrected chi connectivity index (χ3v) is 6.28. The van der Waals surface area contributed by atoms with Gasteiger partial charge in [0, 0.05) is 29.3 Å². The summed E-state index contributed by atoms with van der Waals surface area (Å²) in [6.07, 6.45) is 5.05. The molecule has 2 aromatic heterocycles. The second-order valence-corrected chi connectivity index (χ2v) is 8.21. The van der Waals surface area contributed by atoms with Gasteiger partial charge in [0.2, 0.25) is 10.0 Å². The molecule has 3 N–H and O–H groups in total. The van der Waals surface area contributed by atoms with Gasteiger partial charge < -0.3 is 14.7 Å². The summed E-state index contributed by atoms with van der Waals surface area (Å²) in [6, 6.07) is 1.76. The molecule has 0 radical (unpaired) electrons. The molecule has 0 unspecified atom stereocenters. The number of pyridine rings is 1. The van der Waals surface area contributed by atoms with Crippen LogP contribution in [-0.4, -0.2) is 42.3 Å². The minimum atomic E-state index is -3.25. The van der Waals surface area contributed by atoms with Crippen LogP contribution in [0.2, 0.25) is 0 Å². The fraction of sp³-hybridized carbons (Fsp3) is 0.500. The van der Waals surface area contributed by atoms with E-state index in [2.05, 4.69) is 14.7 Å². The van der Waals surface area contributed by atoms with Crippen LogP contribution in [0, 0.1) is 0 Å². The summed E-state index contributed by atoms with van der Waals surface area (Å²) in [5.41, 5.74) is 1.72. The molecule has 1 aliphatic heterocycles. The average molecular weight is 335 g/mol. The van der Waals surface area contributed by atoms with E-state index in [0.717, 1.165) is 16.6 Å². The second kappa shape index (κ2) is 5.04. The fourth-order valence-corrected chi connectivity index (χ4v) is 5.09. The van der Waals surface area contributed by atoms with Gasteiger partial charge in [0.15, 0.2) is 0 Å². The first-order valence-electron chi connectivity index (χ1n) is 7.76. The minimum absolute atomic E-state index is 0.128. The van der Waals surface area contributed by atoms with Crippen molar-refractivity contribution in [2.75, 3.05) is 5.75 Å². The summed E-state index contributed by atoms with van der Waals surface area (Å²) in [6.45, 7) is 1.84. The van der Waals surface area contributed by atoms with Crippen LogP contribution >= 0.6 is 0 Å². The molecule has 122 valence electrons. The lowest BCUT2D eigenvalue weighted by atomic mass is 9.69. The van der Waals surface area contributed by atoms with Gasteiger partial charge in [-0.05, 0) is 30.9 Å². The fourth-order valence-electron chi connectivity index (χ4n) is 3.76. The van der Waals surface area contributed by atoms with Crippen LogP contribution < -0.4 is 10.2 Å². The maximum Gasteiger partial charge on any atom is 0.493 e. The molecular formula is C14H18BN3O4S. The molecular weight excluding hydrogens is 317 g/mol. The van der Waals surface area contributed by atoms with Crippen LogP contribution in [0.4, 0.5) is 0 Å². The second-order valence-electron chi connectivity index (χ2n) is 6.33. The molecule has 1 saturated carbocycles. The summed E-state index contributed by atoms with van der Waals surface area (Å²) >= 11 is 0. The Kier molecular flexibility index (Phi) is 3.32. The zero-order valence-electron chi connectivity index (χ0n) is 12.7. The summed E-state index contributed by atoms with van der Waals surface area (Å²) < 4.78 is 32.3. The largest absolute Gasteiger partial charge is 0.493 e. The molecule has 4 rings (SSSR count). The SMILES string of the molecule is CCCS(=O)(=O)NC1CC2(C1)OB(O)c1cnc3[nH]ccc3c12. The van der Waals surface area contributed by atoms with Gasteiger partial charge in [0.25, 0.3) is 0 Å². The number of sulfonamides is 1. The van der Waals surface area contributed by atoms with Crippen molar-refractivity contribution in [2.45, 2.75) is 37.8 Å². The predicted molar refractivity (Wildman–Crippen MR) is 86.7 cm³/mol. The van der Waals surface area contributed by atoms with Gasteiger partial charge in [-0.2, -0.15) is 0 Å². The maximum absolute atomic E-state index is 11.9. The van der Waals surface area contributed by atoms with Crippen molar-refractivity contribution in [1.29, 1.82) is 0 Å². The Balaban J connectivity index is 1.63. The van der Waals surface area contributed by atoms with E-state index in [9.17, 15) is 13.4 Å². The Hall–Kier alpha value is -1.42. The number of rotatable bonds is 4. The normalized spacial score (nSPS) is 26.7. The van der Waals surface area contributed by atoms with Gasteiger partial charge >= 0.3 is 7.12 Å². The van der Waals surface area contributed by atoms with Gasteiger partial charge in [-0.3, -0.25) is 0 Å². The summed E-state index contributed by atoms with van der Waals surface area (Å²) in [5.74, 6) is 0.128. The molecule has 1 fully saturated rings. The Morgan fingerprint density at radius 1 is 1.57 bits per heavy atom. The van der Waals surface area contributed by atoms with Gasteiger partial charge in [-0.25, -0.2) is 18.1 Å². The van der Waals surface area contributed by atoms with Gasteiger partial charge in [-0.15, -0.1) is 0 Å². The maximum atomic E-state index is 11.9. The molecule has 0 aromatic carbocycles. The summed E-state index contributed by atoms with van der Waals surface area (Å²) in [5, 5.41) is 11.1. The third-order valence-electron chi connectivity index (χ3n) is 4.65. The van der Waals surface area contributed by atoms with Crippen LogP contribution in [0.15, 0.2) is 18.5 Å². The number of H-pyrrole nitrogens is 1. The van der Waals surface area contributed by atoms with Crippen molar-refractivity contribution in [3.63, 3.8) is 0 Å². The molecule has 0 atom stereocenters. The van der Waals surface area contributed by atoms with Crippen LogP contribution in [0.5, 0.6) is 0 Å². The van der Waals surface area contributed by atoms with Crippen molar-refractivity contribution >= 4 is 33.6 Å². The highest BCUT2D eigenvalue weighted by molar-refractivity contribution is 7.89. The Labute approximate surface area is 134 Å². The zero-order valence-corrected chi connectivity index (χ0v) is 13.6. The predicted octanol–water partition coefficient (Wildman–Crippen LogP) is -0.0323. The molecule has 1 spiro atoms. The van der Waals surface area contributed by atoms with Crippen LogP contribution in [0.25, 0.3) is 11.0 Å². The quantitative estimate of drug-likeness (QED) is 0.681. The number of hydrogen-bond donors (Lipinski definition) is 3. The number of aromatic amines is 1. The van der Waals surface area contributed by atoms with Crippen molar-refractivity contribution in [3.05, 3.63) is 24.0 Å². The van der Waals surface area contributed by atoms with Crippen LogP contribution in [0.3, 0.4) is 0 Å². The molecule has 0 amide bonds. The highest BCUT2D eigenvalue weighted by Gasteiger charge is 2.56. The number of fused-ring (bicyclic) bond motifs is 4. The lowest BCUT2D eigenvalue weighted by Gasteiger charge is -2.45. The molecule has 3 heterocycles. The standard InChI is InChI=1S/C14H18BN3O4S/c1-2-5-23(20,21)18-9-6-14(7-9)12-10-3-4-16-13(10)17-8-11(12)15(19)22-14/h3-4,8-9,18-19H,2,5-7H2,1H3,(H,16,17). The van der Waals surface area contributed by atoms with Gasteiger partial charge in [0.05, 0.1) is 11.4 Å². The first-order valence-corrected chi connectivity index (χ1v) is 9.42. The average Bonchev–Trinajstić information content (AvgIpc) is 3.00. The van der Waals surface area contributed by atoms with Crippen LogP contribution in [-0.2, 0) is 20.3 Å². The number of nitrogens with zero attached hydrogens (tertiary/aromatic N) is 1. The lowest BCUT2D eigenvalue weighted by Crippen LogP contribution is -2.54. The number of hydrogen-bond acceptors (Lipinski definition) is 5. The topological polar surface area (TPSA) is 104 Å². The van der Waals surface area contributed by atoms with E-state index in [1.807, 2.05) is 13.0 Å². The molecule has 0 bridgehead atoms. The highest BCUT2D eigenvalue weighted by Crippen LogP contribution is 2.49. The van der Waals surface area contributed by atoms with Crippen molar-refractivity contribution in [1.82, 2.24) is 14.7 Å². The molecule has 23 heavy (non-hydrogen) atoms. The van der Waals surface area contributed by atoms with E-state index < -0.39 is 22.7 Å². The smallest absolute Gasteiger partial charge is 0.423 e. The number of nitrogens with one attached hydrogen (secondary N) is 2. The monoisotopic (exact) mass is 335 g/mol. The van der Waals surface area contributed by atoms with Crippen molar-refractivity contribution < 1.29 is 18.1 Å². The zero-order chi connectivity index (χ0) is 16.2. The molecule has 9 heteroatoms. The Bertz CT molecular complexity index is 860. The lowest BCUT2D eigenvalue weighted by molar-refractivity contribution is -0.0326. The molecule has 1 aliphatic carbocycles. The van der Waals surface area contributed by atoms with E-state index >= 15 is 0 Å². The van der Waals surface area contributed by atoms with Crippen LogP contribution in [0.1, 0.15) is 31.7 Å². The first-order chi connectivity index (χ1) is 10.9. The molecule has 2 aliphatic rings. The third kappa shape index (κ3) is 2.30.